The number of nitrogens with zero attached hydrogens (tertiary/aromatic N) is 2. The molecule has 0 unspecified atom stereocenters. The van der Waals surface area contributed by atoms with Crippen LogP contribution in [0.25, 0.3) is 11.0 Å². The molecule has 0 spiro atoms. The van der Waals surface area contributed by atoms with Crippen molar-refractivity contribution in [2.24, 2.45) is 0 Å². The van der Waals surface area contributed by atoms with Crippen molar-refractivity contribution >= 4 is 32.9 Å². The summed E-state index contributed by atoms with van der Waals surface area (Å²) in [5.41, 5.74) is 4.35. The summed E-state index contributed by atoms with van der Waals surface area (Å²) in [6, 6.07) is 23.6. The molecular formula is C22H17BrFN3. The van der Waals surface area contributed by atoms with Crippen LogP contribution in [-0.4, -0.2) is 9.55 Å². The van der Waals surface area contributed by atoms with Crippen LogP contribution in [0.4, 0.5) is 10.3 Å². The van der Waals surface area contributed by atoms with Crippen molar-refractivity contribution in [3.05, 3.63) is 94.2 Å². The first-order valence-electron chi connectivity index (χ1n) is 8.93. The Hall–Kier alpha value is -2.66. The van der Waals surface area contributed by atoms with Crippen LogP contribution >= 0.6 is 15.9 Å². The van der Waals surface area contributed by atoms with Gasteiger partial charge in [0.05, 0.1) is 23.1 Å². The summed E-state index contributed by atoms with van der Waals surface area (Å²) in [5.74, 6) is 0.637. The largest absolute Gasteiger partial charge is 0.349 e. The molecule has 0 saturated carbocycles. The smallest absolute Gasteiger partial charge is 0.204 e. The predicted octanol–water partition coefficient (Wildman–Crippen LogP) is 6.08. The number of halogens is 2. The molecular weight excluding hydrogens is 405 g/mol. The third-order valence-electron chi connectivity index (χ3n) is 5.20. The van der Waals surface area contributed by atoms with Crippen LogP contribution in [-0.2, 0) is 0 Å². The topological polar surface area (TPSA) is 29.9 Å². The first kappa shape index (κ1) is 16.5. The van der Waals surface area contributed by atoms with Crippen LogP contribution in [0.15, 0.2) is 77.3 Å². The van der Waals surface area contributed by atoms with E-state index in [1.807, 2.05) is 30.3 Å². The highest BCUT2D eigenvalue weighted by atomic mass is 79.9. The lowest BCUT2D eigenvalue weighted by Gasteiger charge is -2.33. The van der Waals surface area contributed by atoms with E-state index in [1.165, 1.54) is 17.7 Å². The molecule has 1 aliphatic heterocycles. The highest BCUT2D eigenvalue weighted by Crippen LogP contribution is 2.41. The van der Waals surface area contributed by atoms with Crippen LogP contribution in [0.2, 0.25) is 0 Å². The Morgan fingerprint density at radius 2 is 1.63 bits per heavy atom. The molecule has 0 bridgehead atoms. The van der Waals surface area contributed by atoms with E-state index in [0.717, 1.165) is 33.4 Å². The SMILES string of the molecule is Fc1ccc([C@H]2C[C@H](c3ccc(Br)cc3)Nc3nc4ccccc4n32)cc1. The maximum absolute atomic E-state index is 13.5. The van der Waals surface area contributed by atoms with E-state index in [0.29, 0.717) is 0 Å². The number of aromatic nitrogens is 2. The summed E-state index contributed by atoms with van der Waals surface area (Å²) >= 11 is 3.50. The Balaban J connectivity index is 1.65. The van der Waals surface area contributed by atoms with Crippen LogP contribution < -0.4 is 5.32 Å². The minimum absolute atomic E-state index is 0.0860. The zero-order valence-electron chi connectivity index (χ0n) is 14.4. The normalized spacial score (nSPS) is 18.9. The van der Waals surface area contributed by atoms with Gasteiger partial charge >= 0.3 is 0 Å². The van der Waals surface area contributed by atoms with Crippen molar-refractivity contribution in [3.63, 3.8) is 0 Å². The van der Waals surface area contributed by atoms with E-state index < -0.39 is 0 Å². The third kappa shape index (κ3) is 2.92. The molecule has 5 rings (SSSR count). The highest BCUT2D eigenvalue weighted by Gasteiger charge is 2.30. The van der Waals surface area contributed by atoms with Crippen molar-refractivity contribution in [1.29, 1.82) is 0 Å². The van der Waals surface area contributed by atoms with Gasteiger partial charge in [-0.05, 0) is 53.9 Å². The molecule has 0 saturated heterocycles. The van der Waals surface area contributed by atoms with Gasteiger partial charge in [0.15, 0.2) is 0 Å². The number of rotatable bonds is 2. The maximum Gasteiger partial charge on any atom is 0.204 e. The summed E-state index contributed by atoms with van der Waals surface area (Å²) in [5, 5.41) is 3.60. The van der Waals surface area contributed by atoms with Crippen LogP contribution in [0.3, 0.4) is 0 Å². The Labute approximate surface area is 165 Å². The average molecular weight is 422 g/mol. The van der Waals surface area contributed by atoms with Gasteiger partial charge in [-0.15, -0.1) is 0 Å². The second-order valence-corrected chi connectivity index (χ2v) is 7.76. The van der Waals surface area contributed by atoms with Gasteiger partial charge in [0.25, 0.3) is 0 Å². The molecule has 0 radical (unpaired) electrons. The molecule has 1 N–H and O–H groups in total. The molecule has 4 aromatic rings. The third-order valence-corrected chi connectivity index (χ3v) is 5.73. The molecule has 0 amide bonds. The van der Waals surface area contributed by atoms with Gasteiger partial charge in [0.1, 0.15) is 5.82 Å². The van der Waals surface area contributed by atoms with Gasteiger partial charge in [-0.25, -0.2) is 9.37 Å². The molecule has 1 aromatic heterocycles. The second kappa shape index (κ2) is 6.50. The van der Waals surface area contributed by atoms with E-state index in [-0.39, 0.29) is 17.9 Å². The lowest BCUT2D eigenvalue weighted by Crippen LogP contribution is -2.27. The highest BCUT2D eigenvalue weighted by molar-refractivity contribution is 9.10. The Bertz CT molecular complexity index is 1100. The van der Waals surface area contributed by atoms with Gasteiger partial charge in [0, 0.05) is 4.47 Å². The number of para-hydroxylation sites is 2. The van der Waals surface area contributed by atoms with Crippen molar-refractivity contribution in [1.82, 2.24) is 9.55 Å². The summed E-state index contributed by atoms with van der Waals surface area (Å²) in [6.45, 7) is 0. The minimum Gasteiger partial charge on any atom is -0.349 e. The molecule has 134 valence electrons. The van der Waals surface area contributed by atoms with E-state index >= 15 is 0 Å². The van der Waals surface area contributed by atoms with Crippen molar-refractivity contribution in [2.45, 2.75) is 18.5 Å². The fraction of sp³-hybridized carbons (Fsp3) is 0.136. The van der Waals surface area contributed by atoms with E-state index in [1.54, 1.807) is 0 Å². The Morgan fingerprint density at radius 1 is 0.926 bits per heavy atom. The van der Waals surface area contributed by atoms with Crippen molar-refractivity contribution < 1.29 is 4.39 Å². The van der Waals surface area contributed by atoms with Gasteiger partial charge in [-0.2, -0.15) is 0 Å². The first-order chi connectivity index (χ1) is 13.2. The number of hydrogen-bond donors (Lipinski definition) is 1. The molecule has 5 heteroatoms. The quantitative estimate of drug-likeness (QED) is 0.424. The lowest BCUT2D eigenvalue weighted by molar-refractivity contribution is 0.476. The molecule has 3 aromatic carbocycles. The Morgan fingerprint density at radius 3 is 2.41 bits per heavy atom. The second-order valence-electron chi connectivity index (χ2n) is 6.85. The number of fused-ring (bicyclic) bond motifs is 3. The fourth-order valence-corrected chi connectivity index (χ4v) is 4.15. The van der Waals surface area contributed by atoms with Crippen molar-refractivity contribution in [2.75, 3.05) is 5.32 Å². The summed E-state index contributed by atoms with van der Waals surface area (Å²) in [6.07, 6.45) is 0.862. The van der Waals surface area contributed by atoms with Gasteiger partial charge in [-0.3, -0.25) is 0 Å². The van der Waals surface area contributed by atoms with Crippen LogP contribution in [0, 0.1) is 5.82 Å². The monoisotopic (exact) mass is 421 g/mol. The maximum atomic E-state index is 13.5. The number of benzene rings is 3. The fourth-order valence-electron chi connectivity index (χ4n) is 3.89. The zero-order valence-corrected chi connectivity index (χ0v) is 16.0. The summed E-state index contributed by atoms with van der Waals surface area (Å²) in [4.78, 5) is 4.81. The van der Waals surface area contributed by atoms with Crippen LogP contribution in [0.1, 0.15) is 29.6 Å². The molecule has 2 heterocycles. The Kier molecular flexibility index (Phi) is 3.97. The van der Waals surface area contributed by atoms with Crippen LogP contribution in [0.5, 0.6) is 0 Å². The molecule has 27 heavy (non-hydrogen) atoms. The molecule has 3 nitrogen and oxygen atoms in total. The number of anilines is 1. The zero-order chi connectivity index (χ0) is 18.4. The lowest BCUT2D eigenvalue weighted by atomic mass is 9.93. The predicted molar refractivity (Wildman–Crippen MR) is 109 cm³/mol. The van der Waals surface area contributed by atoms with Crippen molar-refractivity contribution in [3.8, 4) is 0 Å². The molecule has 0 aliphatic carbocycles. The number of nitrogens with one attached hydrogen (secondary N) is 1. The molecule has 2 atom stereocenters. The standard InChI is InChI=1S/C22H17BrFN3/c23-16-9-5-14(6-10-16)19-13-21(15-7-11-17(24)12-8-15)27-20-4-2-1-3-18(20)25-22(27)26-19/h1-12,19,21H,13H2,(H,25,26)/t19-,21-/m1/s1. The summed E-state index contributed by atoms with van der Waals surface area (Å²) < 4.78 is 16.8. The molecule has 0 fully saturated rings. The summed E-state index contributed by atoms with van der Waals surface area (Å²) in [7, 11) is 0. The molecule has 1 aliphatic rings. The first-order valence-corrected chi connectivity index (χ1v) is 9.73. The number of imidazole rings is 1. The van der Waals surface area contributed by atoms with Gasteiger partial charge < -0.3 is 9.88 Å². The van der Waals surface area contributed by atoms with Gasteiger partial charge in [0.2, 0.25) is 5.95 Å². The average Bonchev–Trinajstić information content (AvgIpc) is 3.07. The van der Waals surface area contributed by atoms with E-state index in [4.69, 9.17) is 4.98 Å². The minimum atomic E-state index is -0.215. The van der Waals surface area contributed by atoms with E-state index in [2.05, 4.69) is 56.1 Å². The van der Waals surface area contributed by atoms with Gasteiger partial charge in [-0.1, -0.05) is 52.3 Å². The number of hydrogen-bond acceptors (Lipinski definition) is 2. The van der Waals surface area contributed by atoms with E-state index in [9.17, 15) is 4.39 Å².